The van der Waals surface area contributed by atoms with Crippen molar-refractivity contribution < 1.29 is 4.79 Å². The molecule has 0 saturated carbocycles. The fourth-order valence-corrected chi connectivity index (χ4v) is 2.14. The Labute approximate surface area is 103 Å². The van der Waals surface area contributed by atoms with Gasteiger partial charge in [0.25, 0.3) is 0 Å². The average molecular weight is 247 g/mol. The van der Waals surface area contributed by atoms with Crippen LogP contribution in [-0.4, -0.2) is 17.4 Å². The lowest BCUT2D eigenvalue weighted by atomic mass is 10.2. The van der Waals surface area contributed by atoms with Gasteiger partial charge in [0.2, 0.25) is 5.91 Å². The first-order chi connectivity index (χ1) is 8.25. The second-order valence-corrected chi connectivity index (χ2v) is 4.41. The van der Waals surface area contributed by atoms with Crippen LogP contribution in [0.5, 0.6) is 0 Å². The number of nitrogens with one attached hydrogen (secondary N) is 1. The minimum absolute atomic E-state index is 0.308. The van der Waals surface area contributed by atoms with E-state index in [-0.39, 0.29) is 5.91 Å². The maximum Gasteiger partial charge on any atom is 0.219 e. The maximum atomic E-state index is 10.6. The number of aromatic nitrogens is 1. The van der Waals surface area contributed by atoms with Crippen LogP contribution in [0.15, 0.2) is 35.7 Å². The average Bonchev–Trinajstić information content (AvgIpc) is 2.78. The predicted octanol–water partition coefficient (Wildman–Crippen LogP) is 2.10. The van der Waals surface area contributed by atoms with E-state index in [2.05, 4.69) is 10.3 Å². The molecule has 3 N–H and O–H groups in total. The molecule has 0 saturated heterocycles. The fourth-order valence-electron chi connectivity index (χ4n) is 1.39. The summed E-state index contributed by atoms with van der Waals surface area (Å²) in [4.78, 5) is 15.0. The van der Waals surface area contributed by atoms with Crippen molar-refractivity contribution >= 4 is 22.4 Å². The monoisotopic (exact) mass is 247 g/mol. The molecule has 0 aliphatic heterocycles. The molecule has 0 unspecified atom stereocenters. The van der Waals surface area contributed by atoms with Gasteiger partial charge < -0.3 is 11.1 Å². The number of hydrogen-bond acceptors (Lipinski definition) is 4. The van der Waals surface area contributed by atoms with Crippen LogP contribution in [0.1, 0.15) is 6.42 Å². The Balaban J connectivity index is 1.99. The highest BCUT2D eigenvalue weighted by atomic mass is 32.1. The van der Waals surface area contributed by atoms with Gasteiger partial charge in [0.15, 0.2) is 5.13 Å². The van der Waals surface area contributed by atoms with Crippen LogP contribution in [0, 0.1) is 0 Å². The summed E-state index contributed by atoms with van der Waals surface area (Å²) < 4.78 is 0. The second kappa shape index (κ2) is 5.45. The standard InChI is InChI=1S/C12H13N3OS/c13-11(16)6-7-14-12-15-10(8-17-12)9-4-2-1-3-5-9/h1-5,8H,6-7H2,(H2,13,16)(H,14,15). The van der Waals surface area contributed by atoms with E-state index in [4.69, 9.17) is 5.73 Å². The fraction of sp³-hybridized carbons (Fsp3) is 0.167. The summed E-state index contributed by atoms with van der Waals surface area (Å²) >= 11 is 1.52. The second-order valence-electron chi connectivity index (χ2n) is 3.55. The number of carbonyl (C=O) groups is 1. The van der Waals surface area contributed by atoms with Crippen molar-refractivity contribution in [3.8, 4) is 11.3 Å². The summed E-state index contributed by atoms with van der Waals surface area (Å²) in [6, 6.07) is 9.97. The number of anilines is 1. The Kier molecular flexibility index (Phi) is 3.72. The Morgan fingerprint density at radius 1 is 1.35 bits per heavy atom. The van der Waals surface area contributed by atoms with Crippen molar-refractivity contribution in [2.45, 2.75) is 6.42 Å². The van der Waals surface area contributed by atoms with Crippen molar-refractivity contribution in [3.05, 3.63) is 35.7 Å². The molecular formula is C12H13N3OS. The number of primary amides is 1. The van der Waals surface area contributed by atoms with Crippen LogP contribution in [0.2, 0.25) is 0 Å². The maximum absolute atomic E-state index is 10.6. The summed E-state index contributed by atoms with van der Waals surface area (Å²) in [7, 11) is 0. The molecule has 0 fully saturated rings. The van der Waals surface area contributed by atoms with Crippen LogP contribution in [0.3, 0.4) is 0 Å². The molecule has 88 valence electrons. The summed E-state index contributed by atoms with van der Waals surface area (Å²) in [5.41, 5.74) is 7.09. The zero-order valence-corrected chi connectivity index (χ0v) is 10.0. The zero-order chi connectivity index (χ0) is 12.1. The summed E-state index contributed by atoms with van der Waals surface area (Å²) in [6.07, 6.45) is 0.320. The molecule has 0 spiro atoms. The first-order valence-electron chi connectivity index (χ1n) is 5.29. The van der Waals surface area contributed by atoms with Gasteiger partial charge in [-0.15, -0.1) is 11.3 Å². The van der Waals surface area contributed by atoms with Crippen LogP contribution >= 0.6 is 11.3 Å². The van der Waals surface area contributed by atoms with E-state index in [1.54, 1.807) is 0 Å². The van der Waals surface area contributed by atoms with Crippen molar-refractivity contribution in [3.63, 3.8) is 0 Å². The lowest BCUT2D eigenvalue weighted by Gasteiger charge is -1.99. The minimum atomic E-state index is -0.308. The van der Waals surface area contributed by atoms with Gasteiger partial charge in [-0.2, -0.15) is 0 Å². The van der Waals surface area contributed by atoms with E-state index in [0.29, 0.717) is 13.0 Å². The smallest absolute Gasteiger partial charge is 0.219 e. The van der Waals surface area contributed by atoms with Crippen molar-refractivity contribution in [2.24, 2.45) is 5.73 Å². The van der Waals surface area contributed by atoms with Crippen molar-refractivity contribution in [1.29, 1.82) is 0 Å². The topological polar surface area (TPSA) is 68.0 Å². The number of benzene rings is 1. The van der Waals surface area contributed by atoms with Crippen LogP contribution < -0.4 is 11.1 Å². The number of carbonyl (C=O) groups excluding carboxylic acids is 1. The largest absolute Gasteiger partial charge is 0.370 e. The molecule has 0 radical (unpaired) electrons. The summed E-state index contributed by atoms with van der Waals surface area (Å²) in [5.74, 6) is -0.308. The molecule has 1 aromatic heterocycles. The van der Waals surface area contributed by atoms with Crippen molar-refractivity contribution in [1.82, 2.24) is 4.98 Å². The lowest BCUT2D eigenvalue weighted by Crippen LogP contribution is -2.15. The summed E-state index contributed by atoms with van der Waals surface area (Å²) in [5, 5.41) is 5.87. The minimum Gasteiger partial charge on any atom is -0.370 e. The van der Waals surface area contributed by atoms with Gasteiger partial charge in [-0.3, -0.25) is 4.79 Å². The molecule has 5 heteroatoms. The van der Waals surface area contributed by atoms with E-state index < -0.39 is 0 Å². The van der Waals surface area contributed by atoms with Gasteiger partial charge in [-0.05, 0) is 0 Å². The number of nitrogens with two attached hydrogens (primary N) is 1. The Bertz CT molecular complexity index is 495. The van der Waals surface area contributed by atoms with Gasteiger partial charge in [0.05, 0.1) is 5.69 Å². The molecule has 2 rings (SSSR count). The molecular weight excluding hydrogens is 234 g/mol. The number of rotatable bonds is 5. The third kappa shape index (κ3) is 3.29. The van der Waals surface area contributed by atoms with Gasteiger partial charge in [0, 0.05) is 23.9 Å². The van der Waals surface area contributed by atoms with Gasteiger partial charge in [0.1, 0.15) is 0 Å². The number of thiazole rings is 1. The molecule has 17 heavy (non-hydrogen) atoms. The molecule has 1 heterocycles. The van der Waals surface area contributed by atoms with E-state index >= 15 is 0 Å². The van der Waals surface area contributed by atoms with Crippen molar-refractivity contribution in [2.75, 3.05) is 11.9 Å². The first-order valence-corrected chi connectivity index (χ1v) is 6.17. The van der Waals surface area contributed by atoms with Gasteiger partial charge >= 0.3 is 0 Å². The zero-order valence-electron chi connectivity index (χ0n) is 9.22. The highest BCUT2D eigenvalue weighted by Gasteiger charge is 2.03. The quantitative estimate of drug-likeness (QED) is 0.850. The number of amides is 1. The molecule has 0 aliphatic rings. The highest BCUT2D eigenvalue weighted by Crippen LogP contribution is 2.24. The van der Waals surface area contributed by atoms with E-state index in [1.165, 1.54) is 11.3 Å². The summed E-state index contributed by atoms with van der Waals surface area (Å²) in [6.45, 7) is 0.525. The Morgan fingerprint density at radius 3 is 2.82 bits per heavy atom. The molecule has 2 aromatic rings. The predicted molar refractivity (Wildman–Crippen MR) is 69.9 cm³/mol. The van der Waals surface area contributed by atoms with Crippen LogP contribution in [-0.2, 0) is 4.79 Å². The highest BCUT2D eigenvalue weighted by molar-refractivity contribution is 7.14. The third-order valence-corrected chi connectivity index (χ3v) is 3.02. The van der Waals surface area contributed by atoms with Gasteiger partial charge in [-0.1, -0.05) is 30.3 Å². The molecule has 1 amide bonds. The molecule has 1 aromatic carbocycles. The number of nitrogens with zero attached hydrogens (tertiary/aromatic N) is 1. The van der Waals surface area contributed by atoms with E-state index in [9.17, 15) is 4.79 Å². The lowest BCUT2D eigenvalue weighted by molar-refractivity contribution is -0.117. The molecule has 4 nitrogen and oxygen atoms in total. The normalized spacial score (nSPS) is 10.1. The van der Waals surface area contributed by atoms with E-state index in [0.717, 1.165) is 16.4 Å². The van der Waals surface area contributed by atoms with Gasteiger partial charge in [-0.25, -0.2) is 4.98 Å². The van der Waals surface area contributed by atoms with Crippen LogP contribution in [0.25, 0.3) is 11.3 Å². The SMILES string of the molecule is NC(=O)CCNc1nc(-c2ccccc2)cs1. The third-order valence-electron chi connectivity index (χ3n) is 2.22. The number of hydrogen-bond donors (Lipinski definition) is 2. The Morgan fingerprint density at radius 2 is 2.12 bits per heavy atom. The molecule has 0 aliphatic carbocycles. The molecule has 0 atom stereocenters. The Hall–Kier alpha value is -1.88. The molecule has 0 bridgehead atoms. The van der Waals surface area contributed by atoms with E-state index in [1.807, 2.05) is 35.7 Å². The first kappa shape index (κ1) is 11.6. The van der Waals surface area contributed by atoms with Crippen LogP contribution in [0.4, 0.5) is 5.13 Å².